The van der Waals surface area contributed by atoms with E-state index < -0.39 is 5.54 Å². The van der Waals surface area contributed by atoms with Crippen molar-refractivity contribution in [3.05, 3.63) is 0 Å². The lowest BCUT2D eigenvalue weighted by atomic mass is 10.0. The summed E-state index contributed by atoms with van der Waals surface area (Å²) in [6, 6.07) is 0. The third-order valence-electron chi connectivity index (χ3n) is 3.07. The lowest BCUT2D eigenvalue weighted by molar-refractivity contribution is -0.137. The van der Waals surface area contributed by atoms with Gasteiger partial charge in [0.2, 0.25) is 5.91 Å². The van der Waals surface area contributed by atoms with Crippen molar-refractivity contribution in [1.29, 1.82) is 0 Å². The van der Waals surface area contributed by atoms with Crippen LogP contribution in [-0.2, 0) is 4.79 Å². The summed E-state index contributed by atoms with van der Waals surface area (Å²) in [7, 11) is 4.16. The topological polar surface area (TPSA) is 52.8 Å². The Kier molecular flexibility index (Phi) is 4.91. The zero-order valence-corrected chi connectivity index (χ0v) is 11.6. The van der Waals surface area contributed by atoms with Gasteiger partial charge in [-0.05, 0) is 27.9 Å². The highest BCUT2D eigenvalue weighted by molar-refractivity contribution is 5.85. The second-order valence-electron chi connectivity index (χ2n) is 5.66. The predicted octanol–water partition coefficient (Wildman–Crippen LogP) is -0.570. The van der Waals surface area contributed by atoms with Crippen molar-refractivity contribution in [2.45, 2.75) is 19.4 Å². The van der Waals surface area contributed by atoms with Crippen LogP contribution < -0.4 is 5.73 Å². The first kappa shape index (κ1) is 14.4. The molecule has 1 saturated heterocycles. The van der Waals surface area contributed by atoms with E-state index in [0.29, 0.717) is 0 Å². The van der Waals surface area contributed by atoms with Crippen LogP contribution in [0.1, 0.15) is 13.8 Å². The molecule has 0 aromatic carbocycles. The van der Waals surface area contributed by atoms with E-state index in [-0.39, 0.29) is 5.91 Å². The van der Waals surface area contributed by atoms with E-state index in [1.807, 2.05) is 4.90 Å². The molecule has 1 fully saturated rings. The molecule has 0 atom stereocenters. The van der Waals surface area contributed by atoms with Gasteiger partial charge >= 0.3 is 0 Å². The van der Waals surface area contributed by atoms with Crippen molar-refractivity contribution in [1.82, 2.24) is 14.7 Å². The summed E-state index contributed by atoms with van der Waals surface area (Å²) >= 11 is 0. The second-order valence-corrected chi connectivity index (χ2v) is 5.66. The van der Waals surface area contributed by atoms with Gasteiger partial charge < -0.3 is 15.5 Å². The number of carbonyl (C=O) groups is 1. The fraction of sp³-hybridized carbons (Fsp3) is 0.917. The number of piperazine rings is 1. The minimum atomic E-state index is -0.744. The van der Waals surface area contributed by atoms with Gasteiger partial charge in [-0.15, -0.1) is 0 Å². The number of hydrogen-bond donors (Lipinski definition) is 1. The number of nitrogens with two attached hydrogens (primary N) is 1. The zero-order chi connectivity index (χ0) is 13.1. The summed E-state index contributed by atoms with van der Waals surface area (Å²) < 4.78 is 0. The molecule has 1 amide bonds. The zero-order valence-electron chi connectivity index (χ0n) is 11.6. The van der Waals surface area contributed by atoms with Crippen LogP contribution in [0.5, 0.6) is 0 Å². The molecule has 1 rings (SSSR count). The standard InChI is InChI=1S/C12H26N4O/c1-12(2,13)11(17)16-9-7-15(8-10-16)6-5-14(3)4/h5-10,13H2,1-4H3. The van der Waals surface area contributed by atoms with Crippen LogP contribution in [0.2, 0.25) is 0 Å². The van der Waals surface area contributed by atoms with E-state index in [4.69, 9.17) is 5.73 Å². The maximum Gasteiger partial charge on any atom is 0.242 e. The first-order valence-electron chi connectivity index (χ1n) is 6.26. The van der Waals surface area contributed by atoms with Crippen molar-refractivity contribution in [3.8, 4) is 0 Å². The summed E-state index contributed by atoms with van der Waals surface area (Å²) in [6.45, 7) is 9.18. The summed E-state index contributed by atoms with van der Waals surface area (Å²) in [4.78, 5) is 18.4. The molecule has 5 heteroatoms. The van der Waals surface area contributed by atoms with E-state index in [2.05, 4.69) is 23.9 Å². The van der Waals surface area contributed by atoms with Crippen molar-refractivity contribution >= 4 is 5.91 Å². The van der Waals surface area contributed by atoms with Gasteiger partial charge in [-0.25, -0.2) is 0 Å². The highest BCUT2D eigenvalue weighted by Gasteiger charge is 2.29. The Balaban J connectivity index is 2.33. The van der Waals surface area contributed by atoms with Crippen LogP contribution in [0.3, 0.4) is 0 Å². The molecule has 0 spiro atoms. The van der Waals surface area contributed by atoms with Crippen molar-refractivity contribution in [3.63, 3.8) is 0 Å². The van der Waals surface area contributed by atoms with Gasteiger partial charge in [0.1, 0.15) is 0 Å². The average molecular weight is 242 g/mol. The Morgan fingerprint density at radius 3 is 2.18 bits per heavy atom. The number of nitrogens with zero attached hydrogens (tertiary/aromatic N) is 3. The molecule has 0 aromatic rings. The third kappa shape index (κ3) is 4.61. The van der Waals surface area contributed by atoms with Gasteiger partial charge in [0, 0.05) is 39.3 Å². The molecule has 0 aromatic heterocycles. The molecule has 0 aliphatic carbocycles. The van der Waals surface area contributed by atoms with Crippen LogP contribution in [0, 0.1) is 0 Å². The predicted molar refractivity (Wildman–Crippen MR) is 69.8 cm³/mol. The van der Waals surface area contributed by atoms with Crippen LogP contribution >= 0.6 is 0 Å². The van der Waals surface area contributed by atoms with E-state index >= 15 is 0 Å². The SMILES string of the molecule is CN(C)CCN1CCN(C(=O)C(C)(C)N)CC1. The maximum atomic E-state index is 12.0. The van der Waals surface area contributed by atoms with E-state index in [0.717, 1.165) is 39.3 Å². The van der Waals surface area contributed by atoms with Crippen LogP contribution in [0.25, 0.3) is 0 Å². The minimum absolute atomic E-state index is 0.0600. The molecule has 1 aliphatic heterocycles. The van der Waals surface area contributed by atoms with Crippen LogP contribution in [0.15, 0.2) is 0 Å². The number of rotatable bonds is 4. The fourth-order valence-electron chi connectivity index (χ4n) is 1.92. The van der Waals surface area contributed by atoms with Crippen LogP contribution in [-0.4, -0.2) is 79.5 Å². The van der Waals surface area contributed by atoms with Gasteiger partial charge in [-0.1, -0.05) is 0 Å². The number of amides is 1. The number of carbonyl (C=O) groups excluding carboxylic acids is 1. The maximum absolute atomic E-state index is 12.0. The molecular formula is C12H26N4O. The van der Waals surface area contributed by atoms with Crippen molar-refractivity contribution < 1.29 is 4.79 Å². The largest absolute Gasteiger partial charge is 0.339 e. The van der Waals surface area contributed by atoms with E-state index in [1.54, 1.807) is 13.8 Å². The van der Waals surface area contributed by atoms with Crippen molar-refractivity contribution in [2.75, 3.05) is 53.4 Å². The molecule has 17 heavy (non-hydrogen) atoms. The highest BCUT2D eigenvalue weighted by Crippen LogP contribution is 2.08. The lowest BCUT2D eigenvalue weighted by Crippen LogP contribution is -2.57. The number of likely N-dealkylation sites (N-methyl/N-ethyl adjacent to an activating group) is 1. The molecule has 1 heterocycles. The first-order chi connectivity index (χ1) is 7.80. The molecule has 5 nitrogen and oxygen atoms in total. The fourth-order valence-corrected chi connectivity index (χ4v) is 1.92. The van der Waals surface area contributed by atoms with Gasteiger partial charge in [0.15, 0.2) is 0 Å². The average Bonchev–Trinajstić information content (AvgIpc) is 2.25. The van der Waals surface area contributed by atoms with Crippen LogP contribution in [0.4, 0.5) is 0 Å². The Hall–Kier alpha value is -0.650. The van der Waals surface area contributed by atoms with Crippen molar-refractivity contribution in [2.24, 2.45) is 5.73 Å². The minimum Gasteiger partial charge on any atom is -0.339 e. The monoisotopic (exact) mass is 242 g/mol. The van der Waals surface area contributed by atoms with E-state index in [9.17, 15) is 4.79 Å². The quantitative estimate of drug-likeness (QED) is 0.717. The van der Waals surface area contributed by atoms with Gasteiger partial charge in [0.05, 0.1) is 5.54 Å². The smallest absolute Gasteiger partial charge is 0.242 e. The summed E-state index contributed by atoms with van der Waals surface area (Å²) in [5.74, 6) is 0.0600. The summed E-state index contributed by atoms with van der Waals surface area (Å²) in [5, 5.41) is 0. The van der Waals surface area contributed by atoms with Gasteiger partial charge in [-0.3, -0.25) is 9.69 Å². The molecular weight excluding hydrogens is 216 g/mol. The first-order valence-corrected chi connectivity index (χ1v) is 6.26. The molecule has 100 valence electrons. The molecule has 0 saturated carbocycles. The van der Waals surface area contributed by atoms with Gasteiger partial charge in [0.25, 0.3) is 0 Å². The summed E-state index contributed by atoms with van der Waals surface area (Å²) in [5.41, 5.74) is 5.09. The Bertz CT molecular complexity index is 252. The number of hydrogen-bond acceptors (Lipinski definition) is 4. The molecule has 2 N–H and O–H groups in total. The second kappa shape index (κ2) is 5.80. The van der Waals surface area contributed by atoms with E-state index in [1.165, 1.54) is 0 Å². The Labute approximate surface area is 105 Å². The molecule has 0 bridgehead atoms. The summed E-state index contributed by atoms with van der Waals surface area (Å²) in [6.07, 6.45) is 0. The molecule has 1 aliphatic rings. The highest BCUT2D eigenvalue weighted by atomic mass is 16.2. The van der Waals surface area contributed by atoms with Gasteiger partial charge in [-0.2, -0.15) is 0 Å². The molecule has 0 radical (unpaired) electrons. The Morgan fingerprint density at radius 1 is 1.24 bits per heavy atom. The normalized spacial score (nSPS) is 18.8. The molecule has 0 unspecified atom stereocenters. The third-order valence-corrected chi connectivity index (χ3v) is 3.07. The lowest BCUT2D eigenvalue weighted by Gasteiger charge is -2.37. The Morgan fingerprint density at radius 2 is 1.76 bits per heavy atom.